The Morgan fingerprint density at radius 1 is 1.19 bits per heavy atom. The van der Waals surface area contributed by atoms with Crippen molar-refractivity contribution in [2.75, 3.05) is 13.7 Å². The zero-order valence-corrected chi connectivity index (χ0v) is 21.5. The molecule has 0 aliphatic carbocycles. The molecule has 2 aromatic rings. The minimum atomic E-state index is -1.04. The number of carboxylic acid groups (broad SMARTS) is 1. The van der Waals surface area contributed by atoms with Gasteiger partial charge in [0.05, 0.1) is 37.4 Å². The summed E-state index contributed by atoms with van der Waals surface area (Å²) in [7, 11) is 1.52. The normalized spacial score (nSPS) is 16.0. The number of halogens is 1. The zero-order chi connectivity index (χ0) is 26.9. The van der Waals surface area contributed by atoms with Gasteiger partial charge in [0.15, 0.2) is 5.82 Å². The maximum atomic E-state index is 13.5. The average molecular weight is 529 g/mol. The molecule has 0 aromatic heterocycles. The van der Waals surface area contributed by atoms with Crippen molar-refractivity contribution in [1.29, 1.82) is 0 Å². The van der Waals surface area contributed by atoms with Crippen molar-refractivity contribution in [1.82, 2.24) is 15.7 Å². The SMILES string of the molecule is CCONC1=CN(C(=O)N[C@H](CC)c2ccc(C(=O)O)cc2)C(=O)[C@H](Cc2cc(Cl)ccc2OC)C=N1. The number of imide groups is 1. The van der Waals surface area contributed by atoms with Crippen LogP contribution in [0.1, 0.15) is 47.8 Å². The highest BCUT2D eigenvalue weighted by molar-refractivity contribution is 6.30. The second-order valence-electron chi connectivity index (χ2n) is 8.14. The van der Waals surface area contributed by atoms with Gasteiger partial charge >= 0.3 is 12.0 Å². The molecule has 3 amide bonds. The number of hydrogen-bond donors (Lipinski definition) is 3. The molecule has 10 nitrogen and oxygen atoms in total. The first-order chi connectivity index (χ1) is 17.8. The van der Waals surface area contributed by atoms with Crippen molar-refractivity contribution < 1.29 is 29.1 Å². The highest BCUT2D eigenvalue weighted by Gasteiger charge is 2.31. The van der Waals surface area contributed by atoms with E-state index in [0.717, 1.165) is 4.90 Å². The van der Waals surface area contributed by atoms with Gasteiger partial charge in [-0.1, -0.05) is 30.7 Å². The van der Waals surface area contributed by atoms with Crippen molar-refractivity contribution in [2.24, 2.45) is 10.9 Å². The third-order valence-corrected chi connectivity index (χ3v) is 5.92. The molecule has 3 N–H and O–H groups in total. The van der Waals surface area contributed by atoms with E-state index in [1.165, 1.54) is 31.7 Å². The molecule has 3 rings (SSSR count). The number of amides is 3. The number of hydrogen-bond acceptors (Lipinski definition) is 7. The molecular weight excluding hydrogens is 500 g/mol. The number of nitrogens with zero attached hydrogens (tertiary/aromatic N) is 2. The molecule has 0 fully saturated rings. The molecule has 0 bridgehead atoms. The van der Waals surface area contributed by atoms with Crippen LogP contribution < -0.4 is 15.5 Å². The molecule has 0 spiro atoms. The lowest BCUT2D eigenvalue weighted by atomic mass is 9.98. The predicted molar refractivity (Wildman–Crippen MR) is 138 cm³/mol. The van der Waals surface area contributed by atoms with Crippen LogP contribution in [-0.2, 0) is 16.1 Å². The van der Waals surface area contributed by atoms with Crippen molar-refractivity contribution in [3.8, 4) is 5.75 Å². The van der Waals surface area contributed by atoms with Gasteiger partial charge in [-0.05, 0) is 61.2 Å². The first-order valence-corrected chi connectivity index (χ1v) is 12.1. The third kappa shape index (κ3) is 7.08. The summed E-state index contributed by atoms with van der Waals surface area (Å²) in [5, 5.41) is 12.5. The molecule has 0 saturated heterocycles. The van der Waals surface area contributed by atoms with Gasteiger partial charge in [-0.15, -0.1) is 0 Å². The summed E-state index contributed by atoms with van der Waals surface area (Å²) < 4.78 is 5.41. The lowest BCUT2D eigenvalue weighted by molar-refractivity contribution is -0.128. The Hall–Kier alpha value is -3.89. The van der Waals surface area contributed by atoms with E-state index in [-0.39, 0.29) is 17.8 Å². The van der Waals surface area contributed by atoms with Crippen LogP contribution in [0.5, 0.6) is 5.75 Å². The Morgan fingerprint density at radius 2 is 1.92 bits per heavy atom. The molecular formula is C26H29ClN4O6. The second-order valence-corrected chi connectivity index (χ2v) is 8.58. The van der Waals surface area contributed by atoms with E-state index >= 15 is 0 Å². The molecule has 0 unspecified atom stereocenters. The lowest BCUT2D eigenvalue weighted by Crippen LogP contribution is -2.45. The highest BCUT2D eigenvalue weighted by atomic mass is 35.5. The van der Waals surface area contributed by atoms with Crippen molar-refractivity contribution in [3.63, 3.8) is 0 Å². The number of carbonyl (C=O) groups is 3. The van der Waals surface area contributed by atoms with Crippen LogP contribution in [0.2, 0.25) is 5.02 Å². The molecule has 2 atom stereocenters. The van der Waals surface area contributed by atoms with Gasteiger partial charge in [-0.3, -0.25) is 9.63 Å². The molecule has 196 valence electrons. The van der Waals surface area contributed by atoms with E-state index in [0.29, 0.717) is 34.9 Å². The summed E-state index contributed by atoms with van der Waals surface area (Å²) in [6, 6.07) is 10.2. The Balaban J connectivity index is 1.87. The van der Waals surface area contributed by atoms with E-state index in [1.807, 2.05) is 6.92 Å². The molecule has 0 saturated carbocycles. The Labute approximate surface area is 219 Å². The van der Waals surface area contributed by atoms with E-state index < -0.39 is 29.9 Å². The summed E-state index contributed by atoms with van der Waals surface area (Å²) in [6.07, 6.45) is 3.43. The largest absolute Gasteiger partial charge is 0.496 e. The minimum Gasteiger partial charge on any atom is -0.496 e. The standard InChI is InChI=1S/C26H29ClN4O6/c1-4-21(16-6-8-17(9-7-16)25(33)34)29-26(35)31-15-23(30-37-5-2)28-14-19(24(31)32)12-18-13-20(27)10-11-22(18)36-3/h6-11,13-15,19,21,30H,4-5,12H2,1-3H3,(H,29,35)(H,33,34)/t19-,21-/m1/s1. The maximum absolute atomic E-state index is 13.5. The lowest BCUT2D eigenvalue weighted by Gasteiger charge is -2.24. The van der Waals surface area contributed by atoms with Gasteiger partial charge in [0.2, 0.25) is 5.91 Å². The molecule has 0 radical (unpaired) electrons. The Morgan fingerprint density at radius 3 is 2.54 bits per heavy atom. The van der Waals surface area contributed by atoms with Gasteiger partial charge in [0, 0.05) is 11.2 Å². The number of benzene rings is 2. The van der Waals surface area contributed by atoms with Crippen LogP contribution in [0.3, 0.4) is 0 Å². The molecule has 11 heteroatoms. The molecule has 37 heavy (non-hydrogen) atoms. The molecule has 1 aliphatic rings. The molecule has 2 aromatic carbocycles. The van der Waals surface area contributed by atoms with Crippen molar-refractivity contribution >= 4 is 35.7 Å². The fourth-order valence-electron chi connectivity index (χ4n) is 3.77. The number of carbonyl (C=O) groups excluding carboxylic acids is 2. The van der Waals surface area contributed by atoms with E-state index in [1.54, 1.807) is 37.3 Å². The Kier molecular flexibility index (Phi) is 9.64. The summed E-state index contributed by atoms with van der Waals surface area (Å²) in [5.74, 6) is -1.62. The first kappa shape index (κ1) is 27.7. The summed E-state index contributed by atoms with van der Waals surface area (Å²) in [4.78, 5) is 48.6. The number of nitrogens with one attached hydrogen (secondary N) is 2. The molecule has 1 heterocycles. The summed E-state index contributed by atoms with van der Waals surface area (Å²) in [5.41, 5.74) is 4.17. The van der Waals surface area contributed by atoms with E-state index in [4.69, 9.17) is 26.3 Å². The van der Waals surface area contributed by atoms with Crippen LogP contribution in [0.4, 0.5) is 4.79 Å². The van der Waals surface area contributed by atoms with Gasteiger partial charge in [-0.25, -0.2) is 25.0 Å². The van der Waals surface area contributed by atoms with Crippen molar-refractivity contribution in [2.45, 2.75) is 32.7 Å². The summed E-state index contributed by atoms with van der Waals surface area (Å²) in [6.45, 7) is 3.98. The number of hydroxylamine groups is 1. The smallest absolute Gasteiger partial charge is 0.335 e. The minimum absolute atomic E-state index is 0.138. The number of carboxylic acids is 1. The van der Waals surface area contributed by atoms with Gasteiger partial charge in [-0.2, -0.15) is 0 Å². The maximum Gasteiger partial charge on any atom is 0.335 e. The quantitative estimate of drug-likeness (QED) is 0.391. The van der Waals surface area contributed by atoms with Gasteiger partial charge in [0.1, 0.15) is 5.75 Å². The zero-order valence-electron chi connectivity index (χ0n) is 20.7. The number of methoxy groups -OCH3 is 1. The fraction of sp³-hybridized carbons (Fsp3) is 0.308. The van der Waals surface area contributed by atoms with Crippen LogP contribution in [-0.4, -0.2) is 47.8 Å². The van der Waals surface area contributed by atoms with Crippen LogP contribution in [0.15, 0.2) is 59.5 Å². The third-order valence-electron chi connectivity index (χ3n) is 5.69. The fourth-order valence-corrected chi connectivity index (χ4v) is 3.97. The average Bonchev–Trinajstić information content (AvgIpc) is 3.05. The van der Waals surface area contributed by atoms with Gasteiger partial charge in [0.25, 0.3) is 0 Å². The summed E-state index contributed by atoms with van der Waals surface area (Å²) >= 11 is 6.16. The van der Waals surface area contributed by atoms with E-state index in [2.05, 4.69) is 15.8 Å². The van der Waals surface area contributed by atoms with E-state index in [9.17, 15) is 14.4 Å². The number of rotatable bonds is 10. The predicted octanol–water partition coefficient (Wildman–Crippen LogP) is 4.32. The topological polar surface area (TPSA) is 130 Å². The van der Waals surface area contributed by atoms with Crippen LogP contribution in [0, 0.1) is 5.92 Å². The number of urea groups is 1. The van der Waals surface area contributed by atoms with Crippen LogP contribution in [0.25, 0.3) is 0 Å². The van der Waals surface area contributed by atoms with Crippen LogP contribution >= 0.6 is 11.6 Å². The monoisotopic (exact) mass is 528 g/mol. The Bertz CT molecular complexity index is 1200. The van der Waals surface area contributed by atoms with Crippen molar-refractivity contribution in [3.05, 3.63) is 76.2 Å². The second kappa shape index (κ2) is 12.9. The highest BCUT2D eigenvalue weighted by Crippen LogP contribution is 2.27. The molecule has 1 aliphatic heterocycles. The van der Waals surface area contributed by atoms with Gasteiger partial charge < -0.3 is 15.2 Å². The number of aliphatic imine (C=N–C) groups is 1. The number of aromatic carboxylic acids is 1. The number of ether oxygens (including phenoxy) is 1. The first-order valence-electron chi connectivity index (χ1n) is 11.7.